The summed E-state index contributed by atoms with van der Waals surface area (Å²) in [4.78, 5) is 47.3. The molecule has 9 nitrogen and oxygen atoms in total. The lowest BCUT2D eigenvalue weighted by atomic mass is 10.2. The first kappa shape index (κ1) is 23.2. The average Bonchev–Trinajstić information content (AvgIpc) is 2.86. The van der Waals surface area contributed by atoms with E-state index in [4.69, 9.17) is 13.9 Å². The Morgan fingerprint density at radius 1 is 1.26 bits per heavy atom. The predicted octanol–water partition coefficient (Wildman–Crippen LogP) is 2.06. The van der Waals surface area contributed by atoms with E-state index in [1.54, 1.807) is 13.8 Å². The molecule has 1 rings (SSSR count). The van der Waals surface area contributed by atoms with Crippen LogP contribution in [0.4, 0.5) is 4.79 Å². The van der Waals surface area contributed by atoms with E-state index in [-0.39, 0.29) is 30.0 Å². The molecule has 0 fully saturated rings. The summed E-state index contributed by atoms with van der Waals surface area (Å²) in [6.07, 6.45) is -0.333. The predicted molar refractivity (Wildman–Crippen MR) is 101 cm³/mol. The summed E-state index contributed by atoms with van der Waals surface area (Å²) in [5.74, 6) is -1.73. The van der Waals surface area contributed by atoms with Gasteiger partial charge < -0.3 is 23.6 Å². The van der Waals surface area contributed by atoms with E-state index in [9.17, 15) is 19.2 Å². The number of hydrogen-bond acceptors (Lipinski definition) is 10. The second-order valence-electron chi connectivity index (χ2n) is 6.28. The summed E-state index contributed by atoms with van der Waals surface area (Å²) in [6.45, 7) is 7.57. The van der Waals surface area contributed by atoms with Crippen molar-refractivity contribution in [2.45, 2.75) is 58.1 Å². The van der Waals surface area contributed by atoms with Crippen molar-refractivity contribution in [1.82, 2.24) is 5.32 Å². The molecule has 1 amide bonds. The van der Waals surface area contributed by atoms with Crippen molar-refractivity contribution >= 4 is 41.6 Å². The molecular weight excluding hydrogens is 398 g/mol. The fourth-order valence-electron chi connectivity index (χ4n) is 1.74. The minimum Gasteiger partial charge on any atom is -0.461 e. The van der Waals surface area contributed by atoms with E-state index >= 15 is 0 Å². The highest BCUT2D eigenvalue weighted by molar-refractivity contribution is 8.15. The van der Waals surface area contributed by atoms with Crippen LogP contribution >= 0.6 is 24.4 Å². The van der Waals surface area contributed by atoms with Gasteiger partial charge in [0.1, 0.15) is 6.04 Å². The Bertz CT molecular complexity index is 737. The molecule has 11 heteroatoms. The van der Waals surface area contributed by atoms with E-state index in [0.717, 1.165) is 0 Å². The summed E-state index contributed by atoms with van der Waals surface area (Å²) in [6, 6.07) is -0.943. The molecule has 0 aliphatic heterocycles. The van der Waals surface area contributed by atoms with Gasteiger partial charge in [-0.3, -0.25) is 4.79 Å². The third-order valence-corrected chi connectivity index (χ3v) is 4.51. The Morgan fingerprint density at radius 2 is 1.89 bits per heavy atom. The maximum Gasteiger partial charge on any atom is 0.519 e. The number of nitrogens with one attached hydrogen (secondary N) is 1. The number of esters is 1. The topological polar surface area (TPSA) is 125 Å². The van der Waals surface area contributed by atoms with Crippen LogP contribution in [0.2, 0.25) is 0 Å². The van der Waals surface area contributed by atoms with Crippen LogP contribution in [-0.2, 0) is 25.7 Å². The molecule has 152 valence electrons. The summed E-state index contributed by atoms with van der Waals surface area (Å²) in [5.41, 5.74) is 0. The third kappa shape index (κ3) is 7.33. The Morgan fingerprint density at radius 3 is 2.37 bits per heavy atom. The highest BCUT2D eigenvalue weighted by atomic mass is 32.2. The molecular formula is C16H23NO8S2. The molecule has 0 aliphatic rings. The van der Waals surface area contributed by atoms with Crippen molar-refractivity contribution in [3.63, 3.8) is 0 Å². The highest BCUT2D eigenvalue weighted by Gasteiger charge is 2.35. The van der Waals surface area contributed by atoms with Crippen molar-refractivity contribution in [2.24, 2.45) is 0 Å². The number of thioether (sulfide) groups is 1. The summed E-state index contributed by atoms with van der Waals surface area (Å²) >= 11 is 4.66. The molecule has 27 heavy (non-hydrogen) atoms. The summed E-state index contributed by atoms with van der Waals surface area (Å²) in [7, 11) is 0. The van der Waals surface area contributed by atoms with Gasteiger partial charge >= 0.3 is 17.1 Å². The molecule has 0 aliphatic carbocycles. The van der Waals surface area contributed by atoms with Gasteiger partial charge in [0.05, 0.1) is 10.9 Å². The number of aryl methyl sites for hydroxylation is 1. The fourth-order valence-corrected chi connectivity index (χ4v) is 2.67. The molecule has 0 spiro atoms. The number of ether oxygens (including phenoxy) is 2. The smallest absolute Gasteiger partial charge is 0.461 e. The molecule has 1 heterocycles. The molecule has 0 radical (unpaired) electrons. The number of rotatable bonds is 8. The molecule has 1 aromatic heterocycles. The van der Waals surface area contributed by atoms with Gasteiger partial charge in [0.2, 0.25) is 5.91 Å². The van der Waals surface area contributed by atoms with Crippen LogP contribution in [0.3, 0.4) is 0 Å². The van der Waals surface area contributed by atoms with Crippen molar-refractivity contribution in [1.29, 1.82) is 0 Å². The van der Waals surface area contributed by atoms with Gasteiger partial charge in [-0.1, -0.05) is 0 Å². The number of hydrogen-bond donors (Lipinski definition) is 2. The van der Waals surface area contributed by atoms with Crippen molar-refractivity contribution in [2.75, 3.05) is 5.75 Å². The van der Waals surface area contributed by atoms with E-state index in [1.165, 1.54) is 20.8 Å². The lowest BCUT2D eigenvalue weighted by Crippen LogP contribution is -2.50. The molecule has 0 unspecified atom stereocenters. The van der Waals surface area contributed by atoms with Gasteiger partial charge in [0.15, 0.2) is 18.1 Å². The zero-order valence-electron chi connectivity index (χ0n) is 15.7. The van der Waals surface area contributed by atoms with Crippen LogP contribution < -0.4 is 11.1 Å². The normalized spacial score (nSPS) is 12.6. The van der Waals surface area contributed by atoms with E-state index in [2.05, 4.69) is 22.4 Å². The minimum absolute atomic E-state index is 0.0429. The van der Waals surface area contributed by atoms with Crippen LogP contribution in [0.15, 0.2) is 13.6 Å². The minimum atomic E-state index is -1.23. The third-order valence-electron chi connectivity index (χ3n) is 3.17. The average molecular weight is 421 g/mol. The van der Waals surface area contributed by atoms with Crippen LogP contribution in [0.1, 0.15) is 39.2 Å². The van der Waals surface area contributed by atoms with Crippen molar-refractivity contribution < 1.29 is 32.7 Å². The van der Waals surface area contributed by atoms with E-state index in [1.807, 2.05) is 0 Å². The highest BCUT2D eigenvalue weighted by Crippen LogP contribution is 2.27. The summed E-state index contributed by atoms with van der Waals surface area (Å²) in [5, 5.41) is 1.75. The van der Waals surface area contributed by atoms with Gasteiger partial charge in [0.25, 0.3) is 0 Å². The van der Waals surface area contributed by atoms with Gasteiger partial charge in [-0.2, -0.15) is 12.6 Å². The number of carbonyl (C=O) groups excluding carboxylic acids is 3. The second-order valence-corrected chi connectivity index (χ2v) is 8.20. The Hall–Kier alpha value is -1.88. The summed E-state index contributed by atoms with van der Waals surface area (Å²) < 4.78 is 18.2. The second kappa shape index (κ2) is 9.88. The zero-order chi connectivity index (χ0) is 20.8. The molecule has 0 saturated carbocycles. The Kier molecular flexibility index (Phi) is 8.48. The van der Waals surface area contributed by atoms with Crippen LogP contribution in [0, 0.1) is 6.92 Å². The first-order chi connectivity index (χ1) is 12.5. The van der Waals surface area contributed by atoms with Crippen LogP contribution in [0.5, 0.6) is 0 Å². The number of carbonyl (C=O) groups is 3. The molecule has 0 aromatic carbocycles. The van der Waals surface area contributed by atoms with Gasteiger partial charge in [0, 0.05) is 5.75 Å². The van der Waals surface area contributed by atoms with Gasteiger partial charge in [-0.25, -0.2) is 14.4 Å². The first-order valence-electron chi connectivity index (χ1n) is 8.03. The number of thiol groups is 1. The van der Waals surface area contributed by atoms with Crippen molar-refractivity contribution in [3.05, 3.63) is 22.1 Å². The van der Waals surface area contributed by atoms with Gasteiger partial charge in [-0.15, -0.1) is 0 Å². The van der Waals surface area contributed by atoms with E-state index in [0.29, 0.717) is 11.8 Å². The molecule has 0 saturated heterocycles. The maximum atomic E-state index is 12.4. The standard InChI is InChI=1S/C16H23NO8S2/c1-8(2)23-12(18)10(7-26)17-13(19)16(4,5)27-15(21)22-6-11-9(3)24-14(20)25-11/h8,10,26H,6-7H2,1-5H3,(H,17,19)/t10-/m0/s1. The Labute approximate surface area is 165 Å². The monoisotopic (exact) mass is 421 g/mol. The van der Waals surface area contributed by atoms with Gasteiger partial charge in [-0.05, 0) is 46.4 Å². The quantitative estimate of drug-likeness (QED) is 0.479. The molecule has 1 aromatic rings. The maximum absolute atomic E-state index is 12.4. The first-order valence-corrected chi connectivity index (χ1v) is 9.48. The molecule has 0 bridgehead atoms. The zero-order valence-corrected chi connectivity index (χ0v) is 17.4. The largest absolute Gasteiger partial charge is 0.519 e. The Balaban J connectivity index is 2.62. The molecule has 1 atom stereocenters. The fraction of sp³-hybridized carbons (Fsp3) is 0.625. The van der Waals surface area contributed by atoms with Crippen LogP contribution in [0.25, 0.3) is 0 Å². The van der Waals surface area contributed by atoms with Crippen LogP contribution in [-0.4, -0.2) is 39.8 Å². The van der Waals surface area contributed by atoms with Crippen molar-refractivity contribution in [3.8, 4) is 0 Å². The molecule has 1 N–H and O–H groups in total. The number of amides is 1. The SMILES string of the molecule is Cc1oc(=O)oc1COC(=O)SC(C)(C)C(=O)N[C@@H](CS)C(=O)OC(C)C. The lowest BCUT2D eigenvalue weighted by Gasteiger charge is -2.25. The lowest BCUT2D eigenvalue weighted by molar-refractivity contribution is -0.150. The van der Waals surface area contributed by atoms with E-state index < -0.39 is 33.8 Å².